The summed E-state index contributed by atoms with van der Waals surface area (Å²) in [5.74, 6) is 0.246. The number of aromatic amines is 1. The van der Waals surface area contributed by atoms with Crippen LogP contribution >= 0.6 is 0 Å². The second kappa shape index (κ2) is 6.43. The van der Waals surface area contributed by atoms with E-state index in [1.165, 1.54) is 18.4 Å². The van der Waals surface area contributed by atoms with Gasteiger partial charge in [-0.05, 0) is 36.2 Å². The first-order valence-corrected chi connectivity index (χ1v) is 7.13. The number of nitrogens with one attached hydrogen (secondary N) is 2. The van der Waals surface area contributed by atoms with Gasteiger partial charge in [0.05, 0.1) is 6.26 Å². The zero-order valence-electron chi connectivity index (χ0n) is 12.4. The first-order valence-electron chi connectivity index (χ1n) is 7.13. The number of aromatic nitrogens is 3. The molecule has 3 aromatic rings. The van der Waals surface area contributed by atoms with Crippen molar-refractivity contribution >= 4 is 11.9 Å². The van der Waals surface area contributed by atoms with E-state index in [9.17, 15) is 9.18 Å². The Bertz CT molecular complexity index is 798. The molecule has 1 atom stereocenters. The fraction of sp³-hybridized carbons (Fsp3) is 0.188. The minimum atomic E-state index is -0.345. The number of H-pyrrole nitrogens is 1. The molecule has 2 heterocycles. The van der Waals surface area contributed by atoms with Crippen molar-refractivity contribution in [3.8, 4) is 11.6 Å². The fourth-order valence-electron chi connectivity index (χ4n) is 2.18. The lowest BCUT2D eigenvalue weighted by atomic mass is 10.0. The highest BCUT2D eigenvalue weighted by Crippen LogP contribution is 2.17. The summed E-state index contributed by atoms with van der Waals surface area (Å²) in [6, 6.07) is 9.67. The molecule has 118 valence electrons. The molecule has 0 fully saturated rings. The number of anilines is 1. The van der Waals surface area contributed by atoms with Gasteiger partial charge in [-0.15, -0.1) is 5.10 Å². The summed E-state index contributed by atoms with van der Waals surface area (Å²) in [6.07, 6.45) is 1.95. The molecule has 7 heteroatoms. The molecule has 1 aromatic carbocycles. The van der Waals surface area contributed by atoms with E-state index >= 15 is 0 Å². The molecule has 0 radical (unpaired) electrons. The van der Waals surface area contributed by atoms with E-state index in [1.807, 2.05) is 0 Å². The topological polar surface area (TPSA) is 83.8 Å². The van der Waals surface area contributed by atoms with Gasteiger partial charge in [-0.25, -0.2) is 4.39 Å². The smallest absolute Gasteiger partial charge is 0.249 e. The molecule has 2 N–H and O–H groups in total. The van der Waals surface area contributed by atoms with Crippen molar-refractivity contribution in [2.45, 2.75) is 13.3 Å². The maximum absolute atomic E-state index is 13.2. The molecule has 1 amide bonds. The van der Waals surface area contributed by atoms with Crippen molar-refractivity contribution in [2.75, 3.05) is 5.32 Å². The lowest BCUT2D eigenvalue weighted by Crippen LogP contribution is -2.22. The Morgan fingerprint density at radius 1 is 1.39 bits per heavy atom. The van der Waals surface area contributed by atoms with Gasteiger partial charge in [0.1, 0.15) is 5.82 Å². The minimum Gasteiger partial charge on any atom is -0.461 e. The summed E-state index contributed by atoms with van der Waals surface area (Å²) < 4.78 is 18.4. The Morgan fingerprint density at radius 2 is 2.26 bits per heavy atom. The summed E-state index contributed by atoms with van der Waals surface area (Å²) in [5, 5.41) is 9.25. The van der Waals surface area contributed by atoms with Gasteiger partial charge in [-0.1, -0.05) is 19.1 Å². The van der Waals surface area contributed by atoms with Gasteiger partial charge in [0.25, 0.3) is 0 Å². The molecule has 2 aromatic heterocycles. The summed E-state index contributed by atoms with van der Waals surface area (Å²) in [6.45, 7) is 1.76. The van der Waals surface area contributed by atoms with E-state index in [2.05, 4.69) is 20.5 Å². The molecule has 0 aliphatic carbocycles. The summed E-state index contributed by atoms with van der Waals surface area (Å²) in [7, 11) is 0. The molecular weight excluding hydrogens is 299 g/mol. The normalized spacial score (nSPS) is 12.1. The van der Waals surface area contributed by atoms with Crippen LogP contribution in [0.3, 0.4) is 0 Å². The summed E-state index contributed by atoms with van der Waals surface area (Å²) >= 11 is 0. The van der Waals surface area contributed by atoms with Crippen LogP contribution in [0.2, 0.25) is 0 Å². The number of amides is 1. The molecule has 0 spiro atoms. The van der Waals surface area contributed by atoms with Gasteiger partial charge in [-0.3, -0.25) is 15.2 Å². The van der Waals surface area contributed by atoms with Gasteiger partial charge in [0.2, 0.25) is 11.9 Å². The van der Waals surface area contributed by atoms with Crippen molar-refractivity contribution in [2.24, 2.45) is 5.92 Å². The maximum Gasteiger partial charge on any atom is 0.249 e. The van der Waals surface area contributed by atoms with E-state index < -0.39 is 0 Å². The predicted octanol–water partition coefficient (Wildman–Crippen LogP) is 3.02. The van der Waals surface area contributed by atoms with Gasteiger partial charge >= 0.3 is 0 Å². The van der Waals surface area contributed by atoms with E-state index in [4.69, 9.17) is 4.42 Å². The van der Waals surface area contributed by atoms with E-state index in [0.29, 0.717) is 18.0 Å². The molecule has 0 aliphatic rings. The fourth-order valence-corrected chi connectivity index (χ4v) is 2.18. The Hall–Kier alpha value is -2.96. The third-order valence-corrected chi connectivity index (χ3v) is 3.35. The molecule has 0 aliphatic heterocycles. The average molecular weight is 314 g/mol. The number of hydrogen-bond acceptors (Lipinski definition) is 4. The first-order chi connectivity index (χ1) is 11.1. The Morgan fingerprint density at radius 3 is 3.00 bits per heavy atom. The van der Waals surface area contributed by atoms with Crippen molar-refractivity contribution < 1.29 is 13.6 Å². The van der Waals surface area contributed by atoms with Crippen molar-refractivity contribution in [1.29, 1.82) is 0 Å². The summed E-state index contributed by atoms with van der Waals surface area (Å²) in [4.78, 5) is 16.3. The SMILES string of the molecule is CC(Cc1cccc(F)c1)C(=O)Nc1n[nH]c(-c2ccco2)n1. The van der Waals surface area contributed by atoms with E-state index in [-0.39, 0.29) is 23.6 Å². The standard InChI is InChI=1S/C16H15FN4O2/c1-10(8-11-4-2-5-12(17)9-11)15(22)19-16-18-14(20-21-16)13-6-3-7-23-13/h2-7,9-10H,8H2,1H3,(H2,18,19,20,21,22). The van der Waals surface area contributed by atoms with E-state index in [1.54, 1.807) is 31.2 Å². The zero-order valence-corrected chi connectivity index (χ0v) is 12.4. The van der Waals surface area contributed by atoms with Gasteiger partial charge in [0.15, 0.2) is 11.6 Å². The lowest BCUT2D eigenvalue weighted by molar-refractivity contribution is -0.119. The molecule has 0 saturated carbocycles. The second-order valence-electron chi connectivity index (χ2n) is 5.21. The van der Waals surface area contributed by atoms with Gasteiger partial charge in [-0.2, -0.15) is 4.98 Å². The van der Waals surface area contributed by atoms with Crippen LogP contribution in [0.15, 0.2) is 47.1 Å². The molecular formula is C16H15FN4O2. The largest absolute Gasteiger partial charge is 0.461 e. The number of benzene rings is 1. The quantitative estimate of drug-likeness (QED) is 0.758. The van der Waals surface area contributed by atoms with Crippen LogP contribution in [0, 0.1) is 11.7 Å². The molecule has 3 rings (SSSR count). The third kappa shape index (κ3) is 3.63. The highest BCUT2D eigenvalue weighted by atomic mass is 19.1. The summed E-state index contributed by atoms with van der Waals surface area (Å²) in [5.41, 5.74) is 0.763. The highest BCUT2D eigenvalue weighted by molar-refractivity contribution is 5.90. The van der Waals surface area contributed by atoms with Crippen molar-refractivity contribution in [3.63, 3.8) is 0 Å². The van der Waals surface area contributed by atoms with Gasteiger partial charge < -0.3 is 4.42 Å². The number of carbonyl (C=O) groups excluding carboxylic acids is 1. The van der Waals surface area contributed by atoms with Crippen LogP contribution in [-0.2, 0) is 11.2 Å². The van der Waals surface area contributed by atoms with Gasteiger partial charge in [0, 0.05) is 5.92 Å². The van der Waals surface area contributed by atoms with Crippen LogP contribution in [0.5, 0.6) is 0 Å². The second-order valence-corrected chi connectivity index (χ2v) is 5.21. The monoisotopic (exact) mass is 314 g/mol. The number of furan rings is 1. The third-order valence-electron chi connectivity index (χ3n) is 3.35. The molecule has 0 bridgehead atoms. The predicted molar refractivity (Wildman–Crippen MR) is 82.0 cm³/mol. The first kappa shape index (κ1) is 15.0. The number of carbonyl (C=O) groups is 1. The van der Waals surface area contributed by atoms with Crippen LogP contribution in [0.1, 0.15) is 12.5 Å². The molecule has 1 unspecified atom stereocenters. The lowest BCUT2D eigenvalue weighted by Gasteiger charge is -2.10. The van der Waals surface area contributed by atoms with Crippen molar-refractivity contribution in [3.05, 3.63) is 54.0 Å². The van der Waals surface area contributed by atoms with E-state index in [0.717, 1.165) is 5.56 Å². The molecule has 6 nitrogen and oxygen atoms in total. The average Bonchev–Trinajstić information content (AvgIpc) is 3.17. The Balaban J connectivity index is 1.62. The Kier molecular flexibility index (Phi) is 4.18. The van der Waals surface area contributed by atoms with Crippen LogP contribution in [0.4, 0.5) is 10.3 Å². The molecule has 23 heavy (non-hydrogen) atoms. The number of halogens is 1. The maximum atomic E-state index is 13.2. The number of nitrogens with zero attached hydrogens (tertiary/aromatic N) is 2. The minimum absolute atomic E-state index is 0.174. The van der Waals surface area contributed by atoms with Crippen molar-refractivity contribution in [1.82, 2.24) is 15.2 Å². The number of rotatable bonds is 5. The van der Waals surface area contributed by atoms with Crippen LogP contribution < -0.4 is 5.32 Å². The Labute approximate surface area is 131 Å². The molecule has 0 saturated heterocycles. The highest BCUT2D eigenvalue weighted by Gasteiger charge is 2.17. The zero-order chi connectivity index (χ0) is 16.2. The van der Waals surface area contributed by atoms with Crippen LogP contribution in [-0.4, -0.2) is 21.1 Å². The van der Waals surface area contributed by atoms with Crippen LogP contribution in [0.25, 0.3) is 11.6 Å². The number of hydrogen-bond donors (Lipinski definition) is 2.